The van der Waals surface area contributed by atoms with Crippen molar-refractivity contribution in [1.82, 2.24) is 4.57 Å². The Morgan fingerprint density at radius 2 is 1.78 bits per heavy atom. The minimum atomic E-state index is -0.426. The van der Waals surface area contributed by atoms with Crippen LogP contribution in [-0.2, 0) is 13.0 Å². The molecule has 5 heteroatoms. The van der Waals surface area contributed by atoms with Gasteiger partial charge in [0, 0.05) is 30.1 Å². The van der Waals surface area contributed by atoms with Gasteiger partial charge in [-0.15, -0.1) is 0 Å². The van der Waals surface area contributed by atoms with Gasteiger partial charge in [0.05, 0.1) is 10.4 Å². The van der Waals surface area contributed by atoms with Crippen molar-refractivity contribution in [3.05, 3.63) is 86.7 Å². The minimum Gasteiger partial charge on any atom is -0.308 e. The maximum absolute atomic E-state index is 12.1. The van der Waals surface area contributed by atoms with Gasteiger partial charge < -0.3 is 4.57 Å². The molecule has 0 aliphatic heterocycles. The van der Waals surface area contributed by atoms with E-state index in [9.17, 15) is 14.9 Å². The number of pyridine rings is 1. The molecule has 0 spiro atoms. The van der Waals surface area contributed by atoms with Gasteiger partial charge in [0.1, 0.15) is 0 Å². The van der Waals surface area contributed by atoms with Gasteiger partial charge in [-0.2, -0.15) is 0 Å². The number of hydrogen-bond acceptors (Lipinski definition) is 3. The summed E-state index contributed by atoms with van der Waals surface area (Å²) in [5, 5.41) is 11.6. The number of nitrogens with zero attached hydrogens (tertiary/aromatic N) is 2. The van der Waals surface area contributed by atoms with Crippen LogP contribution in [-0.4, -0.2) is 9.49 Å². The number of nitro benzene ring substituents is 1. The van der Waals surface area contributed by atoms with Crippen LogP contribution in [0.3, 0.4) is 0 Å². The van der Waals surface area contributed by atoms with Crippen molar-refractivity contribution in [2.45, 2.75) is 19.4 Å². The third-order valence-electron chi connectivity index (χ3n) is 3.87. The summed E-state index contributed by atoms with van der Waals surface area (Å²) in [6.07, 6.45) is 1.72. The van der Waals surface area contributed by atoms with E-state index < -0.39 is 4.92 Å². The second-order valence-electron chi connectivity index (χ2n) is 5.41. The summed E-state index contributed by atoms with van der Waals surface area (Å²) in [6, 6.07) is 17.8. The van der Waals surface area contributed by atoms with Crippen molar-refractivity contribution >= 4 is 16.6 Å². The summed E-state index contributed by atoms with van der Waals surface area (Å²) in [7, 11) is 0. The van der Waals surface area contributed by atoms with Crippen LogP contribution in [0.1, 0.15) is 12.0 Å². The Bertz CT molecular complexity index is 901. The van der Waals surface area contributed by atoms with Gasteiger partial charge >= 0.3 is 0 Å². The van der Waals surface area contributed by atoms with Gasteiger partial charge in [-0.05, 0) is 30.5 Å². The Hall–Kier alpha value is -2.95. The standard InChI is InChI=1S/C18H16N2O3/c21-18-11-8-15-13-16(20(22)23)9-10-17(15)19(18)12-4-7-14-5-2-1-3-6-14/h1-3,5-6,8-11,13H,4,7,12H2. The molecule has 0 radical (unpaired) electrons. The van der Waals surface area contributed by atoms with E-state index in [1.807, 2.05) is 18.2 Å². The molecule has 1 heterocycles. The summed E-state index contributed by atoms with van der Waals surface area (Å²) in [5.41, 5.74) is 1.92. The summed E-state index contributed by atoms with van der Waals surface area (Å²) in [4.78, 5) is 22.6. The fourth-order valence-electron chi connectivity index (χ4n) is 2.72. The molecule has 2 aromatic carbocycles. The zero-order valence-corrected chi connectivity index (χ0v) is 12.5. The number of fused-ring (bicyclic) bond motifs is 1. The number of benzene rings is 2. The first kappa shape index (κ1) is 15.0. The molecule has 23 heavy (non-hydrogen) atoms. The molecule has 0 saturated carbocycles. The van der Waals surface area contributed by atoms with Gasteiger partial charge in [-0.25, -0.2) is 0 Å². The first-order chi connectivity index (χ1) is 11.1. The van der Waals surface area contributed by atoms with Crippen LogP contribution in [0, 0.1) is 10.1 Å². The Balaban J connectivity index is 1.86. The van der Waals surface area contributed by atoms with Gasteiger partial charge in [0.2, 0.25) is 0 Å². The molecule has 3 rings (SSSR count). The number of aryl methyl sites for hydroxylation is 2. The lowest BCUT2D eigenvalue weighted by Crippen LogP contribution is -2.19. The highest BCUT2D eigenvalue weighted by molar-refractivity contribution is 5.81. The molecule has 5 nitrogen and oxygen atoms in total. The van der Waals surface area contributed by atoms with Crippen LogP contribution < -0.4 is 5.56 Å². The molecule has 0 amide bonds. The van der Waals surface area contributed by atoms with Crippen LogP contribution >= 0.6 is 0 Å². The second kappa shape index (κ2) is 6.44. The van der Waals surface area contributed by atoms with Gasteiger partial charge in [0.25, 0.3) is 11.2 Å². The van der Waals surface area contributed by atoms with E-state index in [1.54, 1.807) is 16.7 Å². The third kappa shape index (κ3) is 3.29. The maximum Gasteiger partial charge on any atom is 0.270 e. The zero-order chi connectivity index (χ0) is 16.2. The molecule has 0 saturated heterocycles. The van der Waals surface area contributed by atoms with E-state index in [0.29, 0.717) is 11.9 Å². The molecular weight excluding hydrogens is 292 g/mol. The van der Waals surface area contributed by atoms with Crippen molar-refractivity contribution < 1.29 is 4.92 Å². The molecular formula is C18H16N2O3. The number of rotatable bonds is 5. The Morgan fingerprint density at radius 1 is 1.00 bits per heavy atom. The predicted octanol–water partition coefficient (Wildman–Crippen LogP) is 3.54. The smallest absolute Gasteiger partial charge is 0.270 e. The molecule has 0 aliphatic rings. The van der Waals surface area contributed by atoms with Gasteiger partial charge in [-0.1, -0.05) is 30.3 Å². The number of nitro groups is 1. The van der Waals surface area contributed by atoms with Crippen molar-refractivity contribution in [3.8, 4) is 0 Å². The highest BCUT2D eigenvalue weighted by atomic mass is 16.6. The fraction of sp³-hybridized carbons (Fsp3) is 0.167. The predicted molar refractivity (Wildman–Crippen MR) is 89.6 cm³/mol. The third-order valence-corrected chi connectivity index (χ3v) is 3.87. The fourth-order valence-corrected chi connectivity index (χ4v) is 2.72. The van der Waals surface area contributed by atoms with E-state index >= 15 is 0 Å². The summed E-state index contributed by atoms with van der Waals surface area (Å²) in [5.74, 6) is 0. The van der Waals surface area contributed by atoms with Crippen molar-refractivity contribution in [2.24, 2.45) is 0 Å². The van der Waals surface area contributed by atoms with Crippen molar-refractivity contribution in [2.75, 3.05) is 0 Å². The average molecular weight is 308 g/mol. The Labute approximate surface area is 133 Å². The molecule has 0 bridgehead atoms. The van der Waals surface area contributed by atoms with E-state index in [0.717, 1.165) is 18.4 Å². The quantitative estimate of drug-likeness (QED) is 0.535. The lowest BCUT2D eigenvalue weighted by atomic mass is 10.1. The van der Waals surface area contributed by atoms with E-state index in [4.69, 9.17) is 0 Å². The molecule has 0 atom stereocenters. The molecule has 0 fully saturated rings. The molecule has 0 N–H and O–H groups in total. The van der Waals surface area contributed by atoms with Crippen molar-refractivity contribution in [1.29, 1.82) is 0 Å². The molecule has 0 aliphatic carbocycles. The SMILES string of the molecule is O=c1ccc2cc([N+](=O)[O-])ccc2n1CCCc1ccccc1. The summed E-state index contributed by atoms with van der Waals surface area (Å²) < 4.78 is 1.68. The molecule has 1 aromatic heterocycles. The van der Waals surface area contributed by atoms with Gasteiger partial charge in [0.15, 0.2) is 0 Å². The molecule has 116 valence electrons. The minimum absolute atomic E-state index is 0.0342. The van der Waals surface area contributed by atoms with Crippen LogP contribution in [0.5, 0.6) is 0 Å². The lowest BCUT2D eigenvalue weighted by Gasteiger charge is -2.10. The topological polar surface area (TPSA) is 65.1 Å². The average Bonchev–Trinajstić information content (AvgIpc) is 2.57. The number of hydrogen-bond donors (Lipinski definition) is 0. The van der Waals surface area contributed by atoms with Crippen LogP contribution in [0.2, 0.25) is 0 Å². The first-order valence-electron chi connectivity index (χ1n) is 7.47. The summed E-state index contributed by atoms with van der Waals surface area (Å²) in [6.45, 7) is 0.586. The zero-order valence-electron chi connectivity index (χ0n) is 12.5. The largest absolute Gasteiger partial charge is 0.308 e. The normalized spacial score (nSPS) is 10.8. The first-order valence-corrected chi connectivity index (χ1v) is 7.47. The maximum atomic E-state index is 12.1. The van der Waals surface area contributed by atoms with E-state index in [1.165, 1.54) is 23.8 Å². The monoisotopic (exact) mass is 308 g/mol. The molecule has 3 aromatic rings. The van der Waals surface area contributed by atoms with Crippen LogP contribution in [0.15, 0.2) is 65.5 Å². The highest BCUT2D eigenvalue weighted by Crippen LogP contribution is 2.20. The van der Waals surface area contributed by atoms with Crippen LogP contribution in [0.4, 0.5) is 5.69 Å². The summed E-state index contributed by atoms with van der Waals surface area (Å²) >= 11 is 0. The van der Waals surface area contributed by atoms with Gasteiger partial charge in [-0.3, -0.25) is 14.9 Å². The van der Waals surface area contributed by atoms with Crippen molar-refractivity contribution in [3.63, 3.8) is 0 Å². The second-order valence-corrected chi connectivity index (χ2v) is 5.41. The molecule has 0 unspecified atom stereocenters. The number of aromatic nitrogens is 1. The van der Waals surface area contributed by atoms with E-state index in [-0.39, 0.29) is 11.2 Å². The number of non-ortho nitro benzene ring substituents is 1. The highest BCUT2D eigenvalue weighted by Gasteiger charge is 2.09. The van der Waals surface area contributed by atoms with Crippen LogP contribution in [0.25, 0.3) is 10.9 Å². The Kier molecular flexibility index (Phi) is 4.19. The lowest BCUT2D eigenvalue weighted by molar-refractivity contribution is -0.384. The Morgan fingerprint density at radius 3 is 2.52 bits per heavy atom. The van der Waals surface area contributed by atoms with E-state index in [2.05, 4.69) is 12.1 Å².